The van der Waals surface area contributed by atoms with Crippen LogP contribution in [0.3, 0.4) is 0 Å². The lowest BCUT2D eigenvalue weighted by atomic mass is 10.2. The molecule has 0 aliphatic carbocycles. The van der Waals surface area contributed by atoms with Crippen LogP contribution in [0.15, 0.2) is 0 Å². The molecular weight excluding hydrogens is 188 g/mol. The van der Waals surface area contributed by atoms with Crippen molar-refractivity contribution >= 4 is 0 Å². The van der Waals surface area contributed by atoms with Crippen molar-refractivity contribution in [2.75, 3.05) is 59.9 Å². The molecule has 1 aliphatic rings. The Morgan fingerprint density at radius 1 is 1.20 bits per heavy atom. The van der Waals surface area contributed by atoms with Gasteiger partial charge < -0.3 is 10.6 Å². The molecule has 0 amide bonds. The van der Waals surface area contributed by atoms with E-state index in [1.807, 2.05) is 0 Å². The van der Waals surface area contributed by atoms with Gasteiger partial charge in [-0.15, -0.1) is 0 Å². The Hall–Kier alpha value is -0.160. The van der Waals surface area contributed by atoms with Crippen LogP contribution in [0.25, 0.3) is 0 Å². The number of likely N-dealkylation sites (N-methyl/N-ethyl adjacent to an activating group) is 1. The van der Waals surface area contributed by atoms with Crippen LogP contribution >= 0.6 is 0 Å². The average molecular weight is 214 g/mol. The van der Waals surface area contributed by atoms with Crippen LogP contribution in [-0.2, 0) is 0 Å². The van der Waals surface area contributed by atoms with Crippen LogP contribution in [0.2, 0.25) is 0 Å². The molecule has 0 bridgehead atoms. The Balaban J connectivity index is 2.18. The second-order valence-corrected chi connectivity index (χ2v) is 4.77. The third-order valence-corrected chi connectivity index (χ3v) is 3.23. The van der Waals surface area contributed by atoms with E-state index in [0.717, 1.165) is 13.1 Å². The van der Waals surface area contributed by atoms with Crippen molar-refractivity contribution in [3.8, 4) is 0 Å². The highest BCUT2D eigenvalue weighted by atomic mass is 15.3. The zero-order chi connectivity index (χ0) is 11.3. The van der Waals surface area contributed by atoms with Crippen molar-refractivity contribution in [1.29, 1.82) is 0 Å². The molecule has 1 rings (SSSR count). The van der Waals surface area contributed by atoms with Crippen LogP contribution < -0.4 is 5.73 Å². The minimum Gasteiger partial charge on any atom is -0.329 e. The topological polar surface area (TPSA) is 35.7 Å². The van der Waals surface area contributed by atoms with Gasteiger partial charge in [0, 0.05) is 51.9 Å². The summed E-state index contributed by atoms with van der Waals surface area (Å²) in [5, 5.41) is 0. The van der Waals surface area contributed by atoms with E-state index in [1.54, 1.807) is 0 Å². The van der Waals surface area contributed by atoms with Crippen LogP contribution in [0, 0.1) is 0 Å². The molecular formula is C11H26N4. The van der Waals surface area contributed by atoms with Crippen molar-refractivity contribution in [1.82, 2.24) is 14.7 Å². The van der Waals surface area contributed by atoms with Gasteiger partial charge in [0.15, 0.2) is 0 Å². The molecule has 15 heavy (non-hydrogen) atoms. The zero-order valence-corrected chi connectivity index (χ0v) is 10.4. The van der Waals surface area contributed by atoms with E-state index in [9.17, 15) is 0 Å². The van der Waals surface area contributed by atoms with Gasteiger partial charge in [-0.3, -0.25) is 9.80 Å². The zero-order valence-electron chi connectivity index (χ0n) is 10.4. The van der Waals surface area contributed by atoms with Gasteiger partial charge >= 0.3 is 0 Å². The summed E-state index contributed by atoms with van der Waals surface area (Å²) in [5.41, 5.74) is 5.67. The molecule has 1 atom stereocenters. The SMILES string of the molecule is CC(CN)N1CCN(CCN(C)C)CC1. The van der Waals surface area contributed by atoms with Gasteiger partial charge in [0.05, 0.1) is 0 Å². The number of rotatable bonds is 5. The van der Waals surface area contributed by atoms with Gasteiger partial charge in [-0.05, 0) is 21.0 Å². The van der Waals surface area contributed by atoms with Gasteiger partial charge in [-0.25, -0.2) is 0 Å². The summed E-state index contributed by atoms with van der Waals surface area (Å²) in [6.45, 7) is 10.1. The van der Waals surface area contributed by atoms with Crippen LogP contribution in [-0.4, -0.2) is 80.7 Å². The molecule has 0 spiro atoms. The van der Waals surface area contributed by atoms with Crippen molar-refractivity contribution < 1.29 is 0 Å². The molecule has 1 heterocycles. The second-order valence-electron chi connectivity index (χ2n) is 4.77. The standard InChI is InChI=1S/C11H26N4/c1-11(10-12)15-8-6-14(7-9-15)5-4-13(2)3/h11H,4-10,12H2,1-3H3. The number of piperazine rings is 1. The quantitative estimate of drug-likeness (QED) is 0.670. The summed E-state index contributed by atoms with van der Waals surface area (Å²) in [4.78, 5) is 7.28. The third-order valence-electron chi connectivity index (χ3n) is 3.23. The predicted molar refractivity (Wildman–Crippen MR) is 65.1 cm³/mol. The summed E-state index contributed by atoms with van der Waals surface area (Å²) in [5.74, 6) is 0. The van der Waals surface area contributed by atoms with E-state index in [-0.39, 0.29) is 0 Å². The molecule has 0 saturated carbocycles. The highest BCUT2D eigenvalue weighted by molar-refractivity contribution is 4.76. The first-order valence-electron chi connectivity index (χ1n) is 5.94. The van der Waals surface area contributed by atoms with Crippen LogP contribution in [0.5, 0.6) is 0 Å². The second kappa shape index (κ2) is 6.43. The Morgan fingerprint density at radius 2 is 1.80 bits per heavy atom. The van der Waals surface area contributed by atoms with Crippen LogP contribution in [0.4, 0.5) is 0 Å². The monoisotopic (exact) mass is 214 g/mol. The lowest BCUT2D eigenvalue weighted by molar-refractivity contribution is 0.100. The fourth-order valence-electron chi connectivity index (χ4n) is 1.92. The fraction of sp³-hybridized carbons (Fsp3) is 1.00. The van der Waals surface area contributed by atoms with Crippen molar-refractivity contribution in [2.24, 2.45) is 5.73 Å². The predicted octanol–water partition coefficient (Wildman–Crippen LogP) is -0.487. The van der Waals surface area contributed by atoms with Gasteiger partial charge in [0.25, 0.3) is 0 Å². The largest absolute Gasteiger partial charge is 0.329 e. The highest BCUT2D eigenvalue weighted by Gasteiger charge is 2.19. The van der Waals surface area contributed by atoms with Gasteiger partial charge in [-0.1, -0.05) is 0 Å². The lowest BCUT2D eigenvalue weighted by Gasteiger charge is -2.38. The first-order chi connectivity index (χ1) is 7.13. The number of hydrogen-bond donors (Lipinski definition) is 1. The van der Waals surface area contributed by atoms with E-state index in [0.29, 0.717) is 6.04 Å². The molecule has 0 radical (unpaired) electrons. The van der Waals surface area contributed by atoms with Gasteiger partial charge in [0.1, 0.15) is 0 Å². The molecule has 1 unspecified atom stereocenters. The highest BCUT2D eigenvalue weighted by Crippen LogP contribution is 2.05. The first kappa shape index (κ1) is 12.9. The minimum atomic E-state index is 0.543. The summed E-state index contributed by atoms with van der Waals surface area (Å²) >= 11 is 0. The Morgan fingerprint density at radius 3 is 2.27 bits per heavy atom. The minimum absolute atomic E-state index is 0.543. The summed E-state index contributed by atoms with van der Waals surface area (Å²) < 4.78 is 0. The summed E-state index contributed by atoms with van der Waals surface area (Å²) in [6.07, 6.45) is 0. The first-order valence-corrected chi connectivity index (χ1v) is 5.94. The summed E-state index contributed by atoms with van der Waals surface area (Å²) in [7, 11) is 4.26. The molecule has 2 N–H and O–H groups in total. The average Bonchev–Trinajstić information content (AvgIpc) is 2.26. The van der Waals surface area contributed by atoms with E-state index in [1.165, 1.54) is 32.7 Å². The van der Waals surface area contributed by atoms with Crippen molar-refractivity contribution in [3.05, 3.63) is 0 Å². The lowest BCUT2D eigenvalue weighted by Crippen LogP contribution is -2.52. The smallest absolute Gasteiger partial charge is 0.0191 e. The van der Waals surface area contributed by atoms with Crippen molar-refractivity contribution in [2.45, 2.75) is 13.0 Å². The third kappa shape index (κ3) is 4.47. The maximum Gasteiger partial charge on any atom is 0.0191 e. The molecule has 1 aliphatic heterocycles. The Kier molecular flexibility index (Phi) is 5.53. The molecule has 4 nitrogen and oxygen atoms in total. The Labute approximate surface area is 94.0 Å². The maximum absolute atomic E-state index is 5.67. The molecule has 1 fully saturated rings. The molecule has 0 aromatic rings. The molecule has 4 heteroatoms. The summed E-state index contributed by atoms with van der Waals surface area (Å²) in [6, 6.07) is 0.543. The van der Waals surface area contributed by atoms with E-state index < -0.39 is 0 Å². The number of nitrogens with zero attached hydrogens (tertiary/aromatic N) is 3. The molecule has 0 aromatic carbocycles. The Bertz CT molecular complexity index is 164. The van der Waals surface area contributed by atoms with Gasteiger partial charge in [-0.2, -0.15) is 0 Å². The van der Waals surface area contributed by atoms with E-state index >= 15 is 0 Å². The fourth-order valence-corrected chi connectivity index (χ4v) is 1.92. The normalized spacial score (nSPS) is 22.2. The van der Waals surface area contributed by atoms with E-state index in [4.69, 9.17) is 5.73 Å². The molecule has 1 saturated heterocycles. The molecule has 90 valence electrons. The maximum atomic E-state index is 5.67. The number of hydrogen-bond acceptors (Lipinski definition) is 4. The number of nitrogens with two attached hydrogens (primary N) is 1. The van der Waals surface area contributed by atoms with Gasteiger partial charge in [0.2, 0.25) is 0 Å². The van der Waals surface area contributed by atoms with Crippen LogP contribution in [0.1, 0.15) is 6.92 Å². The molecule has 0 aromatic heterocycles. The van der Waals surface area contributed by atoms with E-state index in [2.05, 4.69) is 35.7 Å². The van der Waals surface area contributed by atoms with Crippen molar-refractivity contribution in [3.63, 3.8) is 0 Å².